The molecule has 0 aliphatic rings. The maximum Gasteiger partial charge on any atom is 0.217 e. The summed E-state index contributed by atoms with van der Waals surface area (Å²) in [5, 5.41) is 8.84. The number of aliphatic hydroxyl groups excluding tert-OH is 1. The predicted molar refractivity (Wildman–Crippen MR) is 76.6 cm³/mol. The van der Waals surface area contributed by atoms with E-state index in [1.807, 2.05) is 31.2 Å². The third-order valence-corrected chi connectivity index (χ3v) is 2.72. The van der Waals surface area contributed by atoms with E-state index in [-0.39, 0.29) is 13.2 Å². The number of nitrogens with zero attached hydrogens (tertiary/aromatic N) is 3. The first kappa shape index (κ1) is 14.4. The Morgan fingerprint density at radius 3 is 2.75 bits per heavy atom. The number of aliphatic hydroxyl groups is 1. The van der Waals surface area contributed by atoms with Gasteiger partial charge in [-0.15, -0.1) is 0 Å². The minimum absolute atomic E-state index is 0.0366. The molecule has 0 bridgehead atoms. The van der Waals surface area contributed by atoms with E-state index in [0.29, 0.717) is 11.7 Å². The topological polar surface area (TPSA) is 68.1 Å². The van der Waals surface area contributed by atoms with Gasteiger partial charge in [0.2, 0.25) is 5.88 Å². The van der Waals surface area contributed by atoms with Crippen LogP contribution in [-0.2, 0) is 6.42 Å². The van der Waals surface area contributed by atoms with Gasteiger partial charge < -0.3 is 9.84 Å². The molecule has 0 atom stereocenters. The third-order valence-electron chi connectivity index (χ3n) is 2.72. The Labute approximate surface area is 118 Å². The van der Waals surface area contributed by atoms with Gasteiger partial charge in [0.05, 0.1) is 6.61 Å². The summed E-state index contributed by atoms with van der Waals surface area (Å²) < 4.78 is 5.41. The van der Waals surface area contributed by atoms with Gasteiger partial charge in [-0.05, 0) is 25.5 Å². The molecule has 5 nitrogen and oxygen atoms in total. The number of aryl methyl sites for hydroxylation is 2. The van der Waals surface area contributed by atoms with Gasteiger partial charge in [0.15, 0.2) is 5.82 Å². The van der Waals surface area contributed by atoms with Crippen LogP contribution in [0.25, 0.3) is 11.5 Å². The molecular weight excluding hydrogens is 254 g/mol. The van der Waals surface area contributed by atoms with Crippen LogP contribution in [0, 0.1) is 6.92 Å². The molecule has 2 aromatic heterocycles. The minimum Gasteiger partial charge on any atom is -0.475 e. The Morgan fingerprint density at radius 2 is 2.05 bits per heavy atom. The van der Waals surface area contributed by atoms with Gasteiger partial charge in [-0.2, -0.15) is 4.98 Å². The van der Waals surface area contributed by atoms with Crippen molar-refractivity contribution in [3.05, 3.63) is 35.7 Å². The molecule has 0 aliphatic carbocycles. The quantitative estimate of drug-likeness (QED) is 0.873. The number of hydrogen-bond donors (Lipinski definition) is 1. The molecule has 2 rings (SSSR count). The largest absolute Gasteiger partial charge is 0.475 e. The van der Waals surface area contributed by atoms with Crippen LogP contribution >= 0.6 is 0 Å². The summed E-state index contributed by atoms with van der Waals surface area (Å²) in [6.45, 7) is 4.22. The summed E-state index contributed by atoms with van der Waals surface area (Å²) in [4.78, 5) is 13.3. The second kappa shape index (κ2) is 6.96. The fourth-order valence-corrected chi connectivity index (χ4v) is 1.86. The fraction of sp³-hybridized carbons (Fsp3) is 0.400. The predicted octanol–water partition coefficient (Wildman–Crippen LogP) is 2.17. The van der Waals surface area contributed by atoms with Crippen LogP contribution in [0.4, 0.5) is 0 Å². The van der Waals surface area contributed by atoms with Crippen molar-refractivity contribution in [2.45, 2.75) is 26.7 Å². The van der Waals surface area contributed by atoms with Gasteiger partial charge in [-0.1, -0.05) is 19.4 Å². The SMILES string of the molecule is CCCc1cc(OCCO)nc(-c2cccc(C)n2)n1. The standard InChI is InChI=1S/C15H19N3O2/c1-3-5-12-10-14(20-9-8-19)18-15(17-12)13-7-4-6-11(2)16-13/h4,6-7,10,19H,3,5,8-9H2,1-2H3. The summed E-state index contributed by atoms with van der Waals surface area (Å²) in [6.07, 6.45) is 1.86. The van der Waals surface area contributed by atoms with E-state index in [4.69, 9.17) is 9.84 Å². The monoisotopic (exact) mass is 273 g/mol. The molecule has 0 spiro atoms. The summed E-state index contributed by atoms with van der Waals surface area (Å²) >= 11 is 0. The summed E-state index contributed by atoms with van der Waals surface area (Å²) in [5.74, 6) is 1.04. The highest BCUT2D eigenvalue weighted by Gasteiger charge is 2.09. The second-order valence-corrected chi connectivity index (χ2v) is 4.51. The van der Waals surface area contributed by atoms with E-state index < -0.39 is 0 Å². The van der Waals surface area contributed by atoms with Crippen LogP contribution in [0.5, 0.6) is 5.88 Å². The lowest BCUT2D eigenvalue weighted by molar-refractivity contribution is 0.196. The summed E-state index contributed by atoms with van der Waals surface area (Å²) in [6, 6.07) is 7.57. The second-order valence-electron chi connectivity index (χ2n) is 4.51. The third kappa shape index (κ3) is 3.74. The molecule has 0 aliphatic heterocycles. The van der Waals surface area contributed by atoms with E-state index >= 15 is 0 Å². The van der Waals surface area contributed by atoms with Gasteiger partial charge in [0.25, 0.3) is 0 Å². The normalized spacial score (nSPS) is 10.6. The van der Waals surface area contributed by atoms with Gasteiger partial charge in [0, 0.05) is 17.5 Å². The van der Waals surface area contributed by atoms with Crippen molar-refractivity contribution < 1.29 is 9.84 Å². The first-order valence-electron chi connectivity index (χ1n) is 6.78. The van der Waals surface area contributed by atoms with Gasteiger partial charge in [-0.25, -0.2) is 9.97 Å². The summed E-state index contributed by atoms with van der Waals surface area (Å²) in [7, 11) is 0. The number of rotatable bonds is 6. The van der Waals surface area contributed by atoms with Crippen LogP contribution in [-0.4, -0.2) is 33.3 Å². The molecule has 1 N–H and O–H groups in total. The zero-order chi connectivity index (χ0) is 14.4. The molecule has 2 aromatic rings. The maximum atomic E-state index is 8.84. The van der Waals surface area contributed by atoms with Crippen molar-refractivity contribution in [3.8, 4) is 17.4 Å². The number of ether oxygens (including phenoxy) is 1. The highest BCUT2D eigenvalue weighted by molar-refractivity contribution is 5.50. The van der Waals surface area contributed by atoms with Gasteiger partial charge in [-0.3, -0.25) is 0 Å². The Hall–Kier alpha value is -2.01. The van der Waals surface area contributed by atoms with Crippen LogP contribution < -0.4 is 4.74 Å². The van der Waals surface area contributed by atoms with Crippen LogP contribution in [0.2, 0.25) is 0 Å². The molecule has 5 heteroatoms. The maximum absolute atomic E-state index is 8.84. The van der Waals surface area contributed by atoms with Crippen LogP contribution in [0.15, 0.2) is 24.3 Å². The average Bonchev–Trinajstić information content (AvgIpc) is 2.45. The van der Waals surface area contributed by atoms with E-state index in [1.165, 1.54) is 0 Å². The zero-order valence-electron chi connectivity index (χ0n) is 11.8. The highest BCUT2D eigenvalue weighted by atomic mass is 16.5. The van der Waals surface area contributed by atoms with Crippen LogP contribution in [0.3, 0.4) is 0 Å². The van der Waals surface area contributed by atoms with E-state index in [2.05, 4.69) is 21.9 Å². The van der Waals surface area contributed by atoms with E-state index in [1.54, 1.807) is 0 Å². The lowest BCUT2D eigenvalue weighted by Gasteiger charge is -2.08. The average molecular weight is 273 g/mol. The first-order valence-corrected chi connectivity index (χ1v) is 6.78. The zero-order valence-corrected chi connectivity index (χ0v) is 11.8. The molecular formula is C15H19N3O2. The minimum atomic E-state index is -0.0366. The van der Waals surface area contributed by atoms with Crippen LogP contribution in [0.1, 0.15) is 24.7 Å². The van der Waals surface area contributed by atoms with Gasteiger partial charge >= 0.3 is 0 Å². The van der Waals surface area contributed by atoms with Crippen molar-refractivity contribution in [1.29, 1.82) is 0 Å². The Balaban J connectivity index is 2.37. The molecule has 0 aromatic carbocycles. The molecule has 2 heterocycles. The van der Waals surface area contributed by atoms with Crippen molar-refractivity contribution in [2.75, 3.05) is 13.2 Å². The number of pyridine rings is 1. The van der Waals surface area contributed by atoms with E-state index in [0.717, 1.165) is 29.9 Å². The Kier molecular flexibility index (Phi) is 5.01. The molecule has 0 saturated carbocycles. The lowest BCUT2D eigenvalue weighted by atomic mass is 10.2. The van der Waals surface area contributed by atoms with E-state index in [9.17, 15) is 0 Å². The molecule has 106 valence electrons. The smallest absolute Gasteiger partial charge is 0.217 e. The first-order chi connectivity index (χ1) is 9.72. The molecule has 0 amide bonds. The number of aromatic nitrogens is 3. The highest BCUT2D eigenvalue weighted by Crippen LogP contribution is 2.18. The molecule has 0 fully saturated rings. The van der Waals surface area contributed by atoms with Crippen molar-refractivity contribution in [2.24, 2.45) is 0 Å². The molecule has 0 radical (unpaired) electrons. The van der Waals surface area contributed by atoms with Crippen molar-refractivity contribution in [1.82, 2.24) is 15.0 Å². The molecule has 0 saturated heterocycles. The molecule has 20 heavy (non-hydrogen) atoms. The molecule has 0 unspecified atom stereocenters. The van der Waals surface area contributed by atoms with Gasteiger partial charge in [0.1, 0.15) is 12.3 Å². The van der Waals surface area contributed by atoms with Crippen molar-refractivity contribution in [3.63, 3.8) is 0 Å². The Bertz CT molecular complexity index is 573. The fourth-order valence-electron chi connectivity index (χ4n) is 1.86. The lowest BCUT2D eigenvalue weighted by Crippen LogP contribution is -2.06. The Morgan fingerprint density at radius 1 is 1.20 bits per heavy atom. The number of hydrogen-bond acceptors (Lipinski definition) is 5. The van der Waals surface area contributed by atoms with Crippen molar-refractivity contribution >= 4 is 0 Å². The summed E-state index contributed by atoms with van der Waals surface area (Å²) in [5.41, 5.74) is 2.58.